The van der Waals surface area contributed by atoms with Crippen LogP contribution in [-0.2, 0) is 6.54 Å². The molecule has 1 heterocycles. The number of rotatable bonds is 6. The third-order valence-electron chi connectivity index (χ3n) is 3.55. The number of thiophene rings is 1. The molecular weight excluding hydrogens is 439 g/mol. The van der Waals surface area contributed by atoms with Gasteiger partial charge in [0.25, 0.3) is 5.69 Å². The molecule has 24 heavy (non-hydrogen) atoms. The number of nitrogens with zero attached hydrogens (tertiary/aromatic N) is 2. The number of para-hydroxylation sites is 1. The quantitative estimate of drug-likeness (QED) is 0.226. The van der Waals surface area contributed by atoms with E-state index in [1.807, 2.05) is 0 Å². The van der Waals surface area contributed by atoms with Crippen LogP contribution in [0.3, 0.4) is 0 Å². The van der Waals surface area contributed by atoms with Crippen LogP contribution in [0.1, 0.15) is 24.0 Å². The molecule has 2 N–H and O–H groups in total. The fourth-order valence-electron chi connectivity index (χ4n) is 2.16. The second kappa shape index (κ2) is 10.2. The van der Waals surface area contributed by atoms with Gasteiger partial charge in [0.1, 0.15) is 0 Å². The first kappa shape index (κ1) is 20.4. The van der Waals surface area contributed by atoms with Crippen molar-refractivity contribution in [3.05, 3.63) is 62.3 Å². The molecule has 0 saturated carbocycles. The van der Waals surface area contributed by atoms with Crippen molar-refractivity contribution in [3.63, 3.8) is 0 Å². The van der Waals surface area contributed by atoms with Crippen molar-refractivity contribution in [2.45, 2.75) is 19.4 Å². The Morgan fingerprint density at radius 1 is 1.33 bits per heavy atom. The number of guanidine groups is 1. The number of hydrogen-bond acceptors (Lipinski definition) is 4. The van der Waals surface area contributed by atoms with E-state index in [0.29, 0.717) is 24.0 Å². The van der Waals surface area contributed by atoms with E-state index in [-0.39, 0.29) is 34.6 Å². The third-order valence-corrected chi connectivity index (χ3v) is 4.25. The van der Waals surface area contributed by atoms with Crippen LogP contribution in [0.15, 0.2) is 46.1 Å². The first-order chi connectivity index (χ1) is 11.1. The molecule has 0 radical (unpaired) electrons. The molecule has 1 aromatic heterocycles. The molecular formula is C16H21IN4O2S. The van der Waals surface area contributed by atoms with Crippen LogP contribution in [-0.4, -0.2) is 24.5 Å². The molecule has 0 fully saturated rings. The third kappa shape index (κ3) is 5.75. The van der Waals surface area contributed by atoms with Gasteiger partial charge < -0.3 is 10.6 Å². The topological polar surface area (TPSA) is 79.6 Å². The van der Waals surface area contributed by atoms with Crippen LogP contribution in [0.25, 0.3) is 0 Å². The molecule has 0 aliphatic rings. The van der Waals surface area contributed by atoms with E-state index in [4.69, 9.17) is 0 Å². The SMILES string of the molecule is CN=C(NCc1ccccc1[N+](=O)[O-])NCC(C)c1ccsc1.I. The van der Waals surface area contributed by atoms with Gasteiger partial charge in [0.15, 0.2) is 5.96 Å². The number of benzene rings is 1. The molecule has 130 valence electrons. The first-order valence-electron chi connectivity index (χ1n) is 7.30. The Kier molecular flexibility index (Phi) is 8.69. The first-order valence-corrected chi connectivity index (χ1v) is 8.25. The van der Waals surface area contributed by atoms with Gasteiger partial charge in [0.2, 0.25) is 0 Å². The van der Waals surface area contributed by atoms with Crippen LogP contribution in [0, 0.1) is 10.1 Å². The van der Waals surface area contributed by atoms with Crippen LogP contribution >= 0.6 is 35.3 Å². The fraction of sp³-hybridized carbons (Fsp3) is 0.312. The minimum Gasteiger partial charge on any atom is -0.356 e. The Morgan fingerprint density at radius 3 is 2.71 bits per heavy atom. The van der Waals surface area contributed by atoms with E-state index in [2.05, 4.69) is 39.4 Å². The van der Waals surface area contributed by atoms with Gasteiger partial charge in [-0.25, -0.2) is 0 Å². The standard InChI is InChI=1S/C16H20N4O2S.HI/c1-12(14-7-8-23-11-14)9-18-16(17-2)19-10-13-5-3-4-6-15(13)20(21)22;/h3-8,11-12H,9-10H2,1-2H3,(H2,17,18,19);1H. The van der Waals surface area contributed by atoms with Crippen molar-refractivity contribution in [2.24, 2.45) is 4.99 Å². The van der Waals surface area contributed by atoms with Crippen molar-refractivity contribution < 1.29 is 4.92 Å². The van der Waals surface area contributed by atoms with Gasteiger partial charge in [-0.15, -0.1) is 24.0 Å². The molecule has 0 saturated heterocycles. The zero-order valence-electron chi connectivity index (χ0n) is 13.6. The molecule has 1 aromatic carbocycles. The molecule has 0 aliphatic heterocycles. The van der Waals surface area contributed by atoms with Gasteiger partial charge in [-0.2, -0.15) is 11.3 Å². The summed E-state index contributed by atoms with van der Waals surface area (Å²) >= 11 is 1.68. The van der Waals surface area contributed by atoms with Gasteiger partial charge in [-0.1, -0.05) is 25.1 Å². The zero-order valence-corrected chi connectivity index (χ0v) is 16.7. The number of nitro benzene ring substituents is 1. The van der Waals surface area contributed by atoms with Gasteiger partial charge in [-0.3, -0.25) is 15.1 Å². The van der Waals surface area contributed by atoms with E-state index in [9.17, 15) is 10.1 Å². The predicted molar refractivity (Wildman–Crippen MR) is 109 cm³/mol. The van der Waals surface area contributed by atoms with E-state index in [0.717, 1.165) is 6.54 Å². The zero-order chi connectivity index (χ0) is 16.7. The Bertz CT molecular complexity index is 676. The average molecular weight is 460 g/mol. The molecule has 0 amide bonds. The molecule has 0 bridgehead atoms. The van der Waals surface area contributed by atoms with Crippen molar-refractivity contribution in [2.75, 3.05) is 13.6 Å². The Hall–Kier alpha value is -1.68. The summed E-state index contributed by atoms with van der Waals surface area (Å²) in [5.41, 5.74) is 2.03. The number of aliphatic imine (C=N–C) groups is 1. The molecule has 0 spiro atoms. The van der Waals surface area contributed by atoms with Gasteiger partial charge >= 0.3 is 0 Å². The monoisotopic (exact) mass is 460 g/mol. The highest BCUT2D eigenvalue weighted by Crippen LogP contribution is 2.18. The van der Waals surface area contributed by atoms with Crippen molar-refractivity contribution >= 4 is 47.0 Å². The Morgan fingerprint density at radius 2 is 2.08 bits per heavy atom. The predicted octanol–water partition coefficient (Wildman–Crippen LogP) is 3.74. The number of halogens is 1. The normalized spacial score (nSPS) is 12.2. The van der Waals surface area contributed by atoms with E-state index >= 15 is 0 Å². The van der Waals surface area contributed by atoms with Crippen LogP contribution in [0.5, 0.6) is 0 Å². The van der Waals surface area contributed by atoms with Crippen molar-refractivity contribution in [3.8, 4) is 0 Å². The van der Waals surface area contributed by atoms with Crippen LogP contribution < -0.4 is 10.6 Å². The smallest absolute Gasteiger partial charge is 0.274 e. The lowest BCUT2D eigenvalue weighted by Gasteiger charge is -2.15. The number of nitrogens with one attached hydrogen (secondary N) is 2. The molecule has 6 nitrogen and oxygen atoms in total. The average Bonchev–Trinajstić information content (AvgIpc) is 3.09. The summed E-state index contributed by atoms with van der Waals surface area (Å²) in [6.07, 6.45) is 0. The molecule has 2 aromatic rings. The molecule has 0 aliphatic carbocycles. The summed E-state index contributed by atoms with van der Waals surface area (Å²) in [5.74, 6) is 0.996. The highest BCUT2D eigenvalue weighted by molar-refractivity contribution is 14.0. The minimum atomic E-state index is -0.369. The molecule has 1 unspecified atom stereocenters. The highest BCUT2D eigenvalue weighted by Gasteiger charge is 2.12. The Balaban J connectivity index is 0.00000288. The fourth-order valence-corrected chi connectivity index (χ4v) is 2.94. The maximum absolute atomic E-state index is 11.0. The maximum atomic E-state index is 11.0. The second-order valence-corrected chi connectivity index (χ2v) is 5.93. The van der Waals surface area contributed by atoms with Gasteiger partial charge in [0, 0.05) is 31.8 Å². The lowest BCUT2D eigenvalue weighted by atomic mass is 10.1. The maximum Gasteiger partial charge on any atom is 0.274 e. The number of hydrogen-bond donors (Lipinski definition) is 2. The minimum absolute atomic E-state index is 0. The largest absolute Gasteiger partial charge is 0.356 e. The molecule has 8 heteroatoms. The van der Waals surface area contributed by atoms with Gasteiger partial charge in [0.05, 0.1) is 4.92 Å². The summed E-state index contributed by atoms with van der Waals surface area (Å²) in [6.45, 7) is 3.24. The van der Waals surface area contributed by atoms with E-state index in [1.165, 1.54) is 11.6 Å². The highest BCUT2D eigenvalue weighted by atomic mass is 127. The second-order valence-electron chi connectivity index (χ2n) is 5.15. The van der Waals surface area contributed by atoms with Crippen molar-refractivity contribution in [1.82, 2.24) is 10.6 Å². The van der Waals surface area contributed by atoms with E-state index < -0.39 is 0 Å². The lowest BCUT2D eigenvalue weighted by Crippen LogP contribution is -2.38. The Labute approximate surface area is 162 Å². The molecule has 2 rings (SSSR count). The lowest BCUT2D eigenvalue weighted by molar-refractivity contribution is -0.385. The molecule has 1 atom stereocenters. The summed E-state index contributed by atoms with van der Waals surface area (Å²) in [5, 5.41) is 21.6. The summed E-state index contributed by atoms with van der Waals surface area (Å²) in [6, 6.07) is 8.81. The van der Waals surface area contributed by atoms with Crippen molar-refractivity contribution in [1.29, 1.82) is 0 Å². The van der Waals surface area contributed by atoms with Gasteiger partial charge in [-0.05, 0) is 28.3 Å². The summed E-state index contributed by atoms with van der Waals surface area (Å²) in [7, 11) is 1.68. The summed E-state index contributed by atoms with van der Waals surface area (Å²) < 4.78 is 0. The number of nitro groups is 1. The summed E-state index contributed by atoms with van der Waals surface area (Å²) in [4.78, 5) is 14.8. The van der Waals surface area contributed by atoms with E-state index in [1.54, 1.807) is 36.6 Å². The van der Waals surface area contributed by atoms with Crippen LogP contribution in [0.2, 0.25) is 0 Å². The van der Waals surface area contributed by atoms with Crippen LogP contribution in [0.4, 0.5) is 5.69 Å².